The minimum absolute atomic E-state index is 0.744. The van der Waals surface area contributed by atoms with E-state index < -0.39 is 0 Å². The summed E-state index contributed by atoms with van der Waals surface area (Å²) in [7, 11) is 0. The van der Waals surface area contributed by atoms with Gasteiger partial charge in [0.2, 0.25) is 0 Å². The van der Waals surface area contributed by atoms with Crippen molar-refractivity contribution < 1.29 is 0 Å². The molecule has 1 aliphatic heterocycles. The lowest BCUT2D eigenvalue weighted by atomic mass is 10.2. The van der Waals surface area contributed by atoms with Crippen LogP contribution >= 0.6 is 11.6 Å². The van der Waals surface area contributed by atoms with Gasteiger partial charge in [-0.15, -0.1) is 0 Å². The number of nitrogens with one attached hydrogen (secondary N) is 1. The molecule has 0 bridgehead atoms. The lowest BCUT2D eigenvalue weighted by Gasteiger charge is -2.29. The predicted octanol–water partition coefficient (Wildman–Crippen LogP) is 3.06. The topological polar surface area (TPSA) is 32.6 Å². The van der Waals surface area contributed by atoms with Gasteiger partial charge in [-0.2, -0.15) is 0 Å². The number of nitrogens with zero attached hydrogens (tertiary/aromatic N) is 3. The smallest absolute Gasteiger partial charge is 0.137 e. The molecule has 1 N–H and O–H groups in total. The first-order chi connectivity index (χ1) is 10.8. The maximum atomic E-state index is 5.95. The molecule has 1 aromatic carbocycles. The quantitative estimate of drug-likeness (QED) is 0.789. The molecule has 0 aliphatic carbocycles. The normalized spacial score (nSPS) is 15.4. The van der Waals surface area contributed by atoms with E-state index in [0.29, 0.717) is 0 Å². The van der Waals surface area contributed by atoms with E-state index >= 15 is 0 Å². The van der Waals surface area contributed by atoms with Crippen LogP contribution in [0.15, 0.2) is 48.8 Å². The summed E-state index contributed by atoms with van der Waals surface area (Å²) in [6.07, 6.45) is 4.23. The number of aromatic nitrogens is 2. The van der Waals surface area contributed by atoms with E-state index in [1.807, 2.05) is 24.3 Å². The van der Waals surface area contributed by atoms with E-state index in [1.165, 1.54) is 5.69 Å². The predicted molar refractivity (Wildman–Crippen MR) is 90.7 cm³/mol. The summed E-state index contributed by atoms with van der Waals surface area (Å²) < 4.78 is 2.10. The maximum Gasteiger partial charge on any atom is 0.137 e. The van der Waals surface area contributed by atoms with E-state index in [9.17, 15) is 0 Å². The molecule has 0 radical (unpaired) electrons. The lowest BCUT2D eigenvalue weighted by molar-refractivity contribution is 0.588. The Morgan fingerprint density at radius 1 is 0.955 bits per heavy atom. The highest BCUT2D eigenvalue weighted by molar-refractivity contribution is 6.30. The van der Waals surface area contributed by atoms with Crippen LogP contribution < -0.4 is 10.2 Å². The van der Waals surface area contributed by atoms with Crippen molar-refractivity contribution in [1.82, 2.24) is 14.7 Å². The second-order valence-corrected chi connectivity index (χ2v) is 5.96. The molecular formula is C17H17ClN4. The zero-order valence-electron chi connectivity index (χ0n) is 12.2. The maximum absolute atomic E-state index is 5.95. The Labute approximate surface area is 134 Å². The summed E-state index contributed by atoms with van der Waals surface area (Å²) in [5, 5.41) is 4.12. The molecule has 0 saturated carbocycles. The highest BCUT2D eigenvalue weighted by Crippen LogP contribution is 2.23. The summed E-state index contributed by atoms with van der Waals surface area (Å²) in [6.45, 7) is 4.17. The number of pyridine rings is 1. The van der Waals surface area contributed by atoms with Gasteiger partial charge >= 0.3 is 0 Å². The van der Waals surface area contributed by atoms with Crippen molar-refractivity contribution in [2.75, 3.05) is 31.1 Å². The number of piperazine rings is 1. The third-order valence-electron chi connectivity index (χ3n) is 4.06. The van der Waals surface area contributed by atoms with Crippen molar-refractivity contribution in [3.63, 3.8) is 0 Å². The first-order valence-corrected chi connectivity index (χ1v) is 7.88. The Morgan fingerprint density at radius 3 is 2.50 bits per heavy atom. The van der Waals surface area contributed by atoms with Gasteiger partial charge in [-0.25, -0.2) is 4.98 Å². The Kier molecular flexibility index (Phi) is 3.48. The molecule has 0 spiro atoms. The van der Waals surface area contributed by atoms with E-state index in [2.05, 4.69) is 44.1 Å². The Balaban J connectivity index is 1.69. The molecule has 112 valence electrons. The number of benzene rings is 1. The molecule has 3 heterocycles. The number of imidazole rings is 1. The molecule has 5 heteroatoms. The molecular weight excluding hydrogens is 296 g/mol. The number of rotatable bonds is 2. The first kappa shape index (κ1) is 13.6. The first-order valence-electron chi connectivity index (χ1n) is 7.50. The average molecular weight is 313 g/mol. The van der Waals surface area contributed by atoms with Crippen molar-refractivity contribution in [2.45, 2.75) is 0 Å². The second-order valence-electron chi connectivity index (χ2n) is 5.52. The number of hydrogen-bond donors (Lipinski definition) is 1. The molecule has 0 atom stereocenters. The standard InChI is InChI=1S/C17H17ClN4/c18-14-3-1-13(2-4-14)16-12-22-11-15(5-6-17(22)20-16)21-9-7-19-8-10-21/h1-6,11-12,19H,7-10H2. The van der Waals surface area contributed by atoms with Gasteiger partial charge in [-0.1, -0.05) is 23.7 Å². The summed E-state index contributed by atoms with van der Waals surface area (Å²) >= 11 is 5.95. The van der Waals surface area contributed by atoms with E-state index in [-0.39, 0.29) is 0 Å². The van der Waals surface area contributed by atoms with Crippen molar-refractivity contribution in [3.05, 3.63) is 53.8 Å². The molecule has 2 aromatic heterocycles. The molecule has 3 aromatic rings. The van der Waals surface area contributed by atoms with Crippen LogP contribution in [-0.4, -0.2) is 35.6 Å². The molecule has 1 aliphatic rings. The highest BCUT2D eigenvalue weighted by atomic mass is 35.5. The zero-order chi connectivity index (χ0) is 14.9. The average Bonchev–Trinajstić information content (AvgIpc) is 2.99. The molecule has 4 nitrogen and oxygen atoms in total. The summed E-state index contributed by atoms with van der Waals surface area (Å²) in [6, 6.07) is 12.0. The second kappa shape index (κ2) is 5.63. The van der Waals surface area contributed by atoms with Crippen LogP contribution in [0.1, 0.15) is 0 Å². The van der Waals surface area contributed by atoms with Crippen molar-refractivity contribution in [1.29, 1.82) is 0 Å². The van der Waals surface area contributed by atoms with Crippen LogP contribution in [0.2, 0.25) is 5.02 Å². The molecule has 1 saturated heterocycles. The number of hydrogen-bond acceptors (Lipinski definition) is 3. The van der Waals surface area contributed by atoms with Crippen molar-refractivity contribution >= 4 is 22.9 Å². The fraction of sp³-hybridized carbons (Fsp3) is 0.235. The molecule has 0 amide bonds. The van der Waals surface area contributed by atoms with Gasteiger partial charge in [0.25, 0.3) is 0 Å². The lowest BCUT2D eigenvalue weighted by Crippen LogP contribution is -2.43. The zero-order valence-corrected chi connectivity index (χ0v) is 12.9. The fourth-order valence-electron chi connectivity index (χ4n) is 2.85. The highest BCUT2D eigenvalue weighted by Gasteiger charge is 2.12. The van der Waals surface area contributed by atoms with Crippen LogP contribution in [0.4, 0.5) is 5.69 Å². The van der Waals surface area contributed by atoms with Crippen LogP contribution in [0.3, 0.4) is 0 Å². The van der Waals surface area contributed by atoms with Crippen LogP contribution in [-0.2, 0) is 0 Å². The third kappa shape index (κ3) is 2.56. The van der Waals surface area contributed by atoms with Gasteiger partial charge in [-0.05, 0) is 24.3 Å². The van der Waals surface area contributed by atoms with Gasteiger partial charge in [0.1, 0.15) is 5.65 Å². The minimum Gasteiger partial charge on any atom is -0.368 e. The number of anilines is 1. The number of fused-ring (bicyclic) bond motifs is 1. The molecule has 4 rings (SSSR count). The van der Waals surface area contributed by atoms with Gasteiger partial charge < -0.3 is 14.6 Å². The van der Waals surface area contributed by atoms with Gasteiger partial charge in [0.05, 0.1) is 11.4 Å². The Bertz CT molecular complexity index is 788. The summed E-state index contributed by atoms with van der Waals surface area (Å²) in [4.78, 5) is 7.09. The third-order valence-corrected chi connectivity index (χ3v) is 4.31. The minimum atomic E-state index is 0.744. The van der Waals surface area contributed by atoms with Crippen molar-refractivity contribution in [2.24, 2.45) is 0 Å². The monoisotopic (exact) mass is 312 g/mol. The Hall–Kier alpha value is -2.04. The molecule has 0 unspecified atom stereocenters. The SMILES string of the molecule is Clc1ccc(-c2cn3cc(N4CCNCC4)ccc3n2)cc1. The van der Waals surface area contributed by atoms with Gasteiger partial charge in [0, 0.05) is 49.2 Å². The van der Waals surface area contributed by atoms with Crippen LogP contribution in [0, 0.1) is 0 Å². The van der Waals surface area contributed by atoms with Gasteiger partial charge in [0.15, 0.2) is 0 Å². The Morgan fingerprint density at radius 2 is 1.73 bits per heavy atom. The molecule has 1 fully saturated rings. The van der Waals surface area contributed by atoms with Crippen LogP contribution in [0.5, 0.6) is 0 Å². The summed E-state index contributed by atoms with van der Waals surface area (Å²) in [5.74, 6) is 0. The fourth-order valence-corrected chi connectivity index (χ4v) is 2.98. The number of halogens is 1. The van der Waals surface area contributed by atoms with Gasteiger partial charge in [-0.3, -0.25) is 0 Å². The molecule has 22 heavy (non-hydrogen) atoms. The van der Waals surface area contributed by atoms with E-state index in [4.69, 9.17) is 11.6 Å². The largest absolute Gasteiger partial charge is 0.368 e. The van der Waals surface area contributed by atoms with Crippen molar-refractivity contribution in [3.8, 4) is 11.3 Å². The summed E-state index contributed by atoms with van der Waals surface area (Å²) in [5.41, 5.74) is 4.25. The van der Waals surface area contributed by atoms with E-state index in [0.717, 1.165) is 48.1 Å². The van der Waals surface area contributed by atoms with Crippen LogP contribution in [0.25, 0.3) is 16.9 Å². The van der Waals surface area contributed by atoms with E-state index in [1.54, 1.807) is 0 Å².